The monoisotopic (exact) mass is 350 g/mol. The van der Waals surface area contributed by atoms with E-state index in [9.17, 15) is 9.59 Å². The number of nitrogens with zero attached hydrogens (tertiary/aromatic N) is 3. The molecule has 0 aliphatic heterocycles. The van der Waals surface area contributed by atoms with Gasteiger partial charge in [0.25, 0.3) is 0 Å². The maximum Gasteiger partial charge on any atom is 0.447 e. The standard InChI is InChI=1S/C11H12Cl2N4O3S/c1-15(2)6-16(21)11(20)17(14-10(18)19)7-3-4-8(12)9(13)5-7/h3-6,14H,1-2H3,(H,18,19). The maximum atomic E-state index is 12.2. The summed E-state index contributed by atoms with van der Waals surface area (Å²) >= 11 is 16.5. The van der Waals surface area contributed by atoms with E-state index in [-0.39, 0.29) is 15.7 Å². The van der Waals surface area contributed by atoms with Gasteiger partial charge in [0.15, 0.2) is 6.34 Å². The molecular formula is C11H12Cl2N4O3S. The van der Waals surface area contributed by atoms with Gasteiger partial charge in [-0.2, -0.15) is 5.43 Å². The van der Waals surface area contributed by atoms with Crippen molar-refractivity contribution in [2.75, 3.05) is 19.1 Å². The summed E-state index contributed by atoms with van der Waals surface area (Å²) < 4.78 is 0.804. The largest absolute Gasteiger partial charge is 0.593 e. The molecule has 0 saturated heterocycles. The molecule has 0 aliphatic carbocycles. The van der Waals surface area contributed by atoms with Gasteiger partial charge in [-0.15, -0.1) is 5.01 Å². The molecule has 0 aliphatic rings. The van der Waals surface area contributed by atoms with Crippen LogP contribution in [0.3, 0.4) is 0 Å². The number of urea groups is 1. The van der Waals surface area contributed by atoms with Crippen molar-refractivity contribution in [1.82, 2.24) is 10.3 Å². The van der Waals surface area contributed by atoms with Crippen LogP contribution in [0, 0.1) is 0 Å². The van der Waals surface area contributed by atoms with E-state index in [0.29, 0.717) is 0 Å². The van der Waals surface area contributed by atoms with Crippen LogP contribution in [0.15, 0.2) is 18.2 Å². The van der Waals surface area contributed by atoms with Gasteiger partial charge in [-0.05, 0) is 18.2 Å². The van der Waals surface area contributed by atoms with Crippen LogP contribution in [0.2, 0.25) is 10.0 Å². The summed E-state index contributed by atoms with van der Waals surface area (Å²) in [5.41, 5.74) is 2.13. The van der Waals surface area contributed by atoms with Crippen LogP contribution in [0.25, 0.3) is 0 Å². The summed E-state index contributed by atoms with van der Waals surface area (Å²) in [6.45, 7) is 0. The van der Waals surface area contributed by atoms with Crippen LogP contribution in [0.4, 0.5) is 15.3 Å². The molecule has 0 saturated carbocycles. The second-order valence-electron chi connectivity index (χ2n) is 4.04. The lowest BCUT2D eigenvalue weighted by atomic mass is 10.3. The fourth-order valence-corrected chi connectivity index (χ4v) is 1.86. The van der Waals surface area contributed by atoms with E-state index in [4.69, 9.17) is 41.1 Å². The van der Waals surface area contributed by atoms with Crippen molar-refractivity contribution < 1.29 is 18.7 Å². The Labute approximate surface area is 136 Å². The second kappa shape index (κ2) is 7.30. The van der Waals surface area contributed by atoms with Gasteiger partial charge in [0, 0.05) is 0 Å². The fourth-order valence-electron chi connectivity index (χ4n) is 1.30. The molecule has 0 unspecified atom stereocenters. The highest BCUT2D eigenvalue weighted by molar-refractivity contribution is 7.52. The van der Waals surface area contributed by atoms with Crippen LogP contribution < -0.4 is 10.4 Å². The minimum Gasteiger partial charge on any atom is -0.593 e. The molecule has 21 heavy (non-hydrogen) atoms. The Morgan fingerprint density at radius 2 is 1.95 bits per heavy atom. The van der Waals surface area contributed by atoms with Crippen molar-refractivity contribution in [3.63, 3.8) is 0 Å². The molecule has 0 aromatic heterocycles. The third-order valence-electron chi connectivity index (χ3n) is 2.08. The number of hydrogen-bond acceptors (Lipinski definition) is 3. The summed E-state index contributed by atoms with van der Waals surface area (Å²) in [5, 5.41) is 10.0. The van der Waals surface area contributed by atoms with E-state index in [1.807, 2.05) is 5.43 Å². The number of hydrazine groups is 1. The van der Waals surface area contributed by atoms with Gasteiger partial charge in [-0.25, -0.2) is 9.59 Å². The number of amides is 3. The topological polar surface area (TPSA) is 75.9 Å². The molecular weight excluding hydrogens is 339 g/mol. The van der Waals surface area contributed by atoms with Crippen LogP contribution in [-0.2, 0) is 12.8 Å². The third-order valence-corrected chi connectivity index (χ3v) is 3.07. The third kappa shape index (κ3) is 4.92. The van der Waals surface area contributed by atoms with Crippen molar-refractivity contribution >= 4 is 60.2 Å². The summed E-state index contributed by atoms with van der Waals surface area (Å²) in [7, 11) is 3.33. The fraction of sp³-hybridized carbons (Fsp3) is 0.182. The first-order valence-electron chi connectivity index (χ1n) is 5.49. The highest BCUT2D eigenvalue weighted by Crippen LogP contribution is 2.26. The van der Waals surface area contributed by atoms with Crippen LogP contribution >= 0.6 is 23.2 Å². The molecule has 1 rings (SSSR count). The molecule has 0 atom stereocenters. The van der Waals surface area contributed by atoms with Crippen molar-refractivity contribution in [3.8, 4) is 0 Å². The van der Waals surface area contributed by atoms with Gasteiger partial charge < -0.3 is 26.8 Å². The molecule has 2 N–H and O–H groups in total. The van der Waals surface area contributed by atoms with E-state index < -0.39 is 12.1 Å². The zero-order valence-electron chi connectivity index (χ0n) is 11.1. The molecule has 0 fully saturated rings. The molecule has 7 nitrogen and oxygen atoms in total. The Morgan fingerprint density at radius 1 is 1.33 bits per heavy atom. The SMILES string of the molecule is CN(C)C=[N+]([S-])C(=O)N(NC(=O)O)c1ccc(Cl)c(Cl)c1. The number of rotatable bonds is 2. The molecule has 114 valence electrons. The average molecular weight is 351 g/mol. The average Bonchev–Trinajstić information content (AvgIpc) is 2.37. The number of hydrogen-bond donors (Lipinski definition) is 2. The van der Waals surface area contributed by atoms with E-state index in [2.05, 4.69) is 0 Å². The molecule has 1 aromatic carbocycles. The first kappa shape index (κ1) is 17.3. The van der Waals surface area contributed by atoms with E-state index in [0.717, 1.165) is 8.99 Å². The van der Waals surface area contributed by atoms with E-state index >= 15 is 0 Å². The zero-order valence-corrected chi connectivity index (χ0v) is 13.4. The van der Waals surface area contributed by atoms with Crippen molar-refractivity contribution in [2.45, 2.75) is 0 Å². The number of benzene rings is 1. The minimum atomic E-state index is -1.43. The van der Waals surface area contributed by atoms with Gasteiger partial charge in [-0.3, -0.25) is 0 Å². The van der Waals surface area contributed by atoms with Crippen LogP contribution in [0.1, 0.15) is 0 Å². The molecule has 0 heterocycles. The van der Waals surface area contributed by atoms with Crippen molar-refractivity contribution in [3.05, 3.63) is 28.2 Å². The number of nitrogens with one attached hydrogen (secondary N) is 1. The lowest BCUT2D eigenvalue weighted by Gasteiger charge is -2.21. The number of anilines is 1. The van der Waals surface area contributed by atoms with Gasteiger partial charge in [0.05, 0.1) is 24.1 Å². The molecule has 1 aromatic rings. The summed E-state index contributed by atoms with van der Waals surface area (Å²) in [6.07, 6.45) is -0.117. The van der Waals surface area contributed by atoms with Crippen molar-refractivity contribution in [1.29, 1.82) is 0 Å². The normalized spacial score (nSPS) is 11.0. The highest BCUT2D eigenvalue weighted by atomic mass is 35.5. The Bertz CT molecular complexity index is 595. The number of carbonyl (C=O) groups is 2. The number of carboxylic acid groups (broad SMARTS) is 1. The minimum absolute atomic E-state index is 0.173. The number of carbonyl (C=O) groups excluding carboxylic acids is 1. The van der Waals surface area contributed by atoms with Gasteiger partial charge in [0.2, 0.25) is 0 Å². The summed E-state index contributed by atoms with van der Waals surface area (Å²) in [4.78, 5) is 24.6. The highest BCUT2D eigenvalue weighted by Gasteiger charge is 2.24. The Morgan fingerprint density at radius 3 is 2.43 bits per heavy atom. The Balaban J connectivity index is 3.19. The summed E-state index contributed by atoms with van der Waals surface area (Å²) in [5.74, 6) is 0. The molecule has 0 spiro atoms. The smallest absolute Gasteiger partial charge is 0.447 e. The first-order chi connectivity index (χ1) is 9.72. The van der Waals surface area contributed by atoms with Gasteiger partial charge in [-0.1, -0.05) is 23.2 Å². The van der Waals surface area contributed by atoms with Crippen LogP contribution in [0.5, 0.6) is 0 Å². The molecule has 10 heteroatoms. The maximum absolute atomic E-state index is 12.2. The van der Waals surface area contributed by atoms with E-state index in [1.165, 1.54) is 24.5 Å². The molecule has 0 bridgehead atoms. The predicted octanol–water partition coefficient (Wildman–Crippen LogP) is 2.17. The van der Waals surface area contributed by atoms with Gasteiger partial charge in [0.1, 0.15) is 5.69 Å². The molecule has 3 amide bonds. The first-order valence-corrected chi connectivity index (χ1v) is 6.61. The molecule has 0 radical (unpaired) electrons. The quantitative estimate of drug-likeness (QED) is 0.281. The lowest BCUT2D eigenvalue weighted by molar-refractivity contribution is -0.231. The van der Waals surface area contributed by atoms with E-state index in [1.54, 1.807) is 19.0 Å². The Hall–Kier alpha value is -1.77. The summed E-state index contributed by atoms with van der Waals surface area (Å²) in [6, 6.07) is 3.42. The van der Waals surface area contributed by atoms with Gasteiger partial charge >= 0.3 is 12.1 Å². The van der Waals surface area contributed by atoms with Crippen molar-refractivity contribution in [2.24, 2.45) is 0 Å². The second-order valence-corrected chi connectivity index (χ2v) is 5.25. The lowest BCUT2D eigenvalue weighted by Crippen LogP contribution is -2.49. The van der Waals surface area contributed by atoms with Crippen LogP contribution in [-0.4, -0.2) is 46.5 Å². The Kier molecular flexibility index (Phi) is 6.01. The zero-order chi connectivity index (χ0) is 16.2. The predicted molar refractivity (Wildman–Crippen MR) is 82.9 cm³/mol. The number of halogens is 2.